The first-order chi connectivity index (χ1) is 8.93. The van der Waals surface area contributed by atoms with Crippen LogP contribution >= 0.6 is 11.8 Å². The maximum Gasteiger partial charge on any atom is 0.230 e. The molecule has 19 heavy (non-hydrogen) atoms. The van der Waals surface area contributed by atoms with Crippen molar-refractivity contribution in [2.24, 2.45) is 5.92 Å². The number of amides is 1. The molecule has 1 rings (SSSR count). The van der Waals surface area contributed by atoms with Crippen molar-refractivity contribution in [3.63, 3.8) is 0 Å². The number of aliphatic hydroxyl groups excluding tert-OH is 1. The number of rotatable bonds is 8. The van der Waals surface area contributed by atoms with E-state index in [9.17, 15) is 13.2 Å². The molecule has 1 aliphatic heterocycles. The third kappa shape index (κ3) is 7.17. The van der Waals surface area contributed by atoms with Crippen LogP contribution < -0.4 is 5.32 Å². The van der Waals surface area contributed by atoms with Crippen LogP contribution in [-0.4, -0.2) is 55.1 Å². The number of carbonyl (C=O) groups is 1. The highest BCUT2D eigenvalue weighted by molar-refractivity contribution is 8.02. The average Bonchev–Trinajstić information content (AvgIpc) is 2.71. The van der Waals surface area contributed by atoms with E-state index < -0.39 is 9.84 Å². The van der Waals surface area contributed by atoms with Gasteiger partial charge in [0, 0.05) is 18.4 Å². The van der Waals surface area contributed by atoms with Crippen molar-refractivity contribution < 1.29 is 18.3 Å². The molecule has 2 atom stereocenters. The zero-order valence-electron chi connectivity index (χ0n) is 11.3. The molecule has 5 nitrogen and oxygen atoms in total. The summed E-state index contributed by atoms with van der Waals surface area (Å²) in [5.74, 6) is 1.03. The summed E-state index contributed by atoms with van der Waals surface area (Å²) in [5, 5.41) is 11.7. The van der Waals surface area contributed by atoms with Crippen molar-refractivity contribution in [2.45, 2.75) is 31.4 Å². The minimum atomic E-state index is -2.85. The van der Waals surface area contributed by atoms with Crippen LogP contribution in [0.1, 0.15) is 26.2 Å². The Labute approximate surface area is 119 Å². The molecule has 112 valence electrons. The first-order valence-corrected chi connectivity index (χ1v) is 9.49. The fraction of sp³-hybridized carbons (Fsp3) is 0.917. The minimum absolute atomic E-state index is 0.0362. The molecular formula is C12H23NO4S2. The normalized spacial score (nSPS) is 23.2. The number of sulfone groups is 1. The van der Waals surface area contributed by atoms with Crippen molar-refractivity contribution in [2.75, 3.05) is 30.4 Å². The number of aliphatic hydroxyl groups is 1. The van der Waals surface area contributed by atoms with Crippen molar-refractivity contribution in [1.82, 2.24) is 5.32 Å². The highest BCUT2D eigenvalue weighted by Crippen LogP contribution is 2.23. The largest absolute Gasteiger partial charge is 0.396 e. The van der Waals surface area contributed by atoms with Gasteiger partial charge in [0.2, 0.25) is 5.91 Å². The van der Waals surface area contributed by atoms with Crippen LogP contribution in [-0.2, 0) is 14.6 Å². The van der Waals surface area contributed by atoms with Gasteiger partial charge in [-0.2, -0.15) is 0 Å². The summed E-state index contributed by atoms with van der Waals surface area (Å²) in [6.07, 6.45) is 2.41. The molecule has 0 aromatic heterocycles. The second-order valence-corrected chi connectivity index (χ2v) is 8.63. The molecule has 1 amide bonds. The lowest BCUT2D eigenvalue weighted by Gasteiger charge is -2.10. The summed E-state index contributed by atoms with van der Waals surface area (Å²) >= 11 is 1.43. The third-order valence-electron chi connectivity index (χ3n) is 3.15. The van der Waals surface area contributed by atoms with Gasteiger partial charge in [0.15, 0.2) is 9.84 Å². The number of thioether (sulfide) groups is 1. The Morgan fingerprint density at radius 1 is 1.53 bits per heavy atom. The second kappa shape index (κ2) is 8.11. The molecular weight excluding hydrogens is 286 g/mol. The van der Waals surface area contributed by atoms with Gasteiger partial charge in [-0.1, -0.05) is 6.92 Å². The number of carbonyl (C=O) groups excluding carboxylic acids is 1. The summed E-state index contributed by atoms with van der Waals surface area (Å²) in [6.45, 7) is 2.77. The molecule has 0 aromatic rings. The fourth-order valence-corrected chi connectivity index (χ4v) is 5.38. The topological polar surface area (TPSA) is 83.5 Å². The van der Waals surface area contributed by atoms with Gasteiger partial charge in [-0.3, -0.25) is 4.79 Å². The van der Waals surface area contributed by atoms with E-state index in [1.807, 2.05) is 6.92 Å². The summed E-state index contributed by atoms with van der Waals surface area (Å²) in [5.41, 5.74) is 0. The zero-order chi connectivity index (χ0) is 14.3. The average molecular weight is 309 g/mol. The van der Waals surface area contributed by atoms with E-state index in [0.29, 0.717) is 18.7 Å². The maximum atomic E-state index is 11.5. The predicted octanol–water partition coefficient (Wildman–Crippen LogP) is 0.431. The van der Waals surface area contributed by atoms with Gasteiger partial charge in [0.1, 0.15) is 0 Å². The molecule has 0 saturated carbocycles. The van der Waals surface area contributed by atoms with Crippen LogP contribution in [0.15, 0.2) is 0 Å². The second-order valence-electron chi connectivity index (χ2n) is 5.12. The minimum Gasteiger partial charge on any atom is -0.396 e. The quantitative estimate of drug-likeness (QED) is 0.635. The zero-order valence-corrected chi connectivity index (χ0v) is 12.9. The Hall–Kier alpha value is -0.270. The molecule has 0 spiro atoms. The van der Waals surface area contributed by atoms with Gasteiger partial charge in [-0.25, -0.2) is 8.42 Å². The van der Waals surface area contributed by atoms with Gasteiger partial charge in [0.05, 0.1) is 17.3 Å². The Balaban J connectivity index is 2.06. The van der Waals surface area contributed by atoms with Crippen LogP contribution in [0.3, 0.4) is 0 Å². The highest BCUT2D eigenvalue weighted by Gasteiger charge is 2.28. The van der Waals surface area contributed by atoms with E-state index in [2.05, 4.69) is 5.32 Å². The van der Waals surface area contributed by atoms with E-state index in [1.54, 1.807) is 0 Å². The molecule has 2 unspecified atom stereocenters. The van der Waals surface area contributed by atoms with Crippen molar-refractivity contribution in [3.05, 3.63) is 0 Å². The first-order valence-electron chi connectivity index (χ1n) is 6.62. The molecule has 7 heteroatoms. The number of hydrogen-bond donors (Lipinski definition) is 2. The molecule has 0 bridgehead atoms. The van der Waals surface area contributed by atoms with E-state index in [-0.39, 0.29) is 35.2 Å². The van der Waals surface area contributed by atoms with E-state index >= 15 is 0 Å². The summed E-state index contributed by atoms with van der Waals surface area (Å²) in [7, 11) is -2.85. The Bertz CT molecular complexity index is 383. The Morgan fingerprint density at radius 2 is 2.26 bits per heavy atom. The van der Waals surface area contributed by atoms with Gasteiger partial charge in [0.25, 0.3) is 0 Å². The van der Waals surface area contributed by atoms with E-state index in [4.69, 9.17) is 5.11 Å². The Kier molecular flexibility index (Phi) is 7.17. The van der Waals surface area contributed by atoms with Gasteiger partial charge < -0.3 is 10.4 Å². The van der Waals surface area contributed by atoms with Crippen LogP contribution in [0.5, 0.6) is 0 Å². The van der Waals surface area contributed by atoms with Gasteiger partial charge in [-0.05, 0) is 25.2 Å². The van der Waals surface area contributed by atoms with Crippen LogP contribution in [0, 0.1) is 5.92 Å². The van der Waals surface area contributed by atoms with Crippen LogP contribution in [0.2, 0.25) is 0 Å². The molecule has 1 aliphatic rings. The lowest BCUT2D eigenvalue weighted by Crippen LogP contribution is -2.27. The predicted molar refractivity (Wildman–Crippen MR) is 78.0 cm³/mol. The summed E-state index contributed by atoms with van der Waals surface area (Å²) < 4.78 is 22.5. The summed E-state index contributed by atoms with van der Waals surface area (Å²) in [6, 6.07) is 0. The van der Waals surface area contributed by atoms with Crippen molar-refractivity contribution in [1.29, 1.82) is 0 Å². The molecule has 1 saturated heterocycles. The Morgan fingerprint density at radius 3 is 2.84 bits per heavy atom. The molecule has 0 aromatic carbocycles. The standard InChI is InChI=1S/C12H23NO4S2/c1-10(7-14)3-2-5-13-12(15)8-18-11-4-6-19(16,17)9-11/h10-11,14H,2-9H2,1H3,(H,13,15). The highest BCUT2D eigenvalue weighted by atomic mass is 32.2. The van der Waals surface area contributed by atoms with E-state index in [1.165, 1.54) is 11.8 Å². The molecule has 2 N–H and O–H groups in total. The summed E-state index contributed by atoms with van der Waals surface area (Å²) in [4.78, 5) is 11.5. The molecule has 1 heterocycles. The fourth-order valence-electron chi connectivity index (χ4n) is 1.91. The number of nitrogens with one attached hydrogen (secondary N) is 1. The van der Waals surface area contributed by atoms with Crippen molar-refractivity contribution in [3.8, 4) is 0 Å². The maximum absolute atomic E-state index is 11.5. The van der Waals surface area contributed by atoms with Gasteiger partial charge in [-0.15, -0.1) is 11.8 Å². The monoisotopic (exact) mass is 309 g/mol. The lowest BCUT2D eigenvalue weighted by atomic mass is 10.1. The van der Waals surface area contributed by atoms with Gasteiger partial charge >= 0.3 is 0 Å². The molecule has 0 aliphatic carbocycles. The first kappa shape index (κ1) is 16.8. The van der Waals surface area contributed by atoms with E-state index in [0.717, 1.165) is 12.8 Å². The van der Waals surface area contributed by atoms with Crippen LogP contribution in [0.4, 0.5) is 0 Å². The number of hydrogen-bond acceptors (Lipinski definition) is 5. The van der Waals surface area contributed by atoms with Crippen molar-refractivity contribution >= 4 is 27.5 Å². The lowest BCUT2D eigenvalue weighted by molar-refractivity contribution is -0.118. The van der Waals surface area contributed by atoms with Crippen LogP contribution in [0.25, 0.3) is 0 Å². The molecule has 0 radical (unpaired) electrons. The molecule has 1 fully saturated rings. The SMILES string of the molecule is CC(CO)CCCNC(=O)CSC1CCS(=O)(=O)C1. The smallest absolute Gasteiger partial charge is 0.230 e. The third-order valence-corrected chi connectivity index (χ3v) is 6.43.